The van der Waals surface area contributed by atoms with Crippen molar-refractivity contribution in [1.82, 2.24) is 4.90 Å². The smallest absolute Gasteiger partial charge is 0.312 e. The number of likely N-dealkylation sites (tertiary alicyclic amines) is 1. The van der Waals surface area contributed by atoms with Crippen LogP contribution in [0.3, 0.4) is 0 Å². The van der Waals surface area contributed by atoms with E-state index in [2.05, 4.69) is 18.9 Å². The molecule has 0 aromatic carbocycles. The summed E-state index contributed by atoms with van der Waals surface area (Å²) in [6, 6.07) is 0. The zero-order valence-corrected chi connectivity index (χ0v) is 18.3. The SMILES string of the molecule is CCCCCCCCCCCC[C@H](CCO)OC(=O)C1(C)CCN(C)CC1. The van der Waals surface area contributed by atoms with Gasteiger partial charge < -0.3 is 14.7 Å². The van der Waals surface area contributed by atoms with Gasteiger partial charge in [0.2, 0.25) is 0 Å². The summed E-state index contributed by atoms with van der Waals surface area (Å²) in [6.07, 6.45) is 16.2. The van der Waals surface area contributed by atoms with Gasteiger partial charge in [-0.3, -0.25) is 4.79 Å². The van der Waals surface area contributed by atoms with Crippen molar-refractivity contribution in [1.29, 1.82) is 0 Å². The maximum Gasteiger partial charge on any atom is 0.312 e. The fourth-order valence-corrected chi connectivity index (χ4v) is 3.88. The molecule has 0 aromatic rings. The number of nitrogens with zero attached hydrogens (tertiary/aromatic N) is 1. The summed E-state index contributed by atoms with van der Waals surface area (Å²) in [6.45, 7) is 6.30. The lowest BCUT2D eigenvalue weighted by atomic mass is 9.80. The van der Waals surface area contributed by atoms with Gasteiger partial charge in [-0.2, -0.15) is 0 Å². The maximum absolute atomic E-state index is 12.7. The molecule has 0 saturated carbocycles. The van der Waals surface area contributed by atoms with Crippen molar-refractivity contribution < 1.29 is 14.6 Å². The number of hydrogen-bond donors (Lipinski definition) is 1. The number of esters is 1. The van der Waals surface area contributed by atoms with E-state index in [1.807, 2.05) is 6.92 Å². The standard InChI is InChI=1S/C23H45NO3/c1-4-5-6-7-8-9-10-11-12-13-14-21(15-20-25)27-22(26)23(2)16-18-24(3)19-17-23/h21,25H,4-20H2,1-3H3/t21-/m1/s1. The molecular formula is C23H45NO3. The molecule has 0 bridgehead atoms. The molecule has 1 heterocycles. The van der Waals surface area contributed by atoms with Crippen molar-refractivity contribution >= 4 is 5.97 Å². The quantitative estimate of drug-likeness (QED) is 0.307. The Kier molecular flexibility index (Phi) is 13.0. The van der Waals surface area contributed by atoms with E-state index < -0.39 is 0 Å². The predicted octanol–water partition coefficient (Wildman–Crippen LogP) is 5.32. The Morgan fingerprint density at radius 2 is 1.48 bits per heavy atom. The van der Waals surface area contributed by atoms with E-state index in [4.69, 9.17) is 4.74 Å². The number of unbranched alkanes of at least 4 members (excludes halogenated alkanes) is 9. The minimum atomic E-state index is -0.349. The lowest BCUT2D eigenvalue weighted by Crippen LogP contribution is -2.43. The van der Waals surface area contributed by atoms with Crippen molar-refractivity contribution in [2.45, 2.75) is 110 Å². The van der Waals surface area contributed by atoms with E-state index in [1.165, 1.54) is 57.8 Å². The zero-order valence-electron chi connectivity index (χ0n) is 18.3. The first-order valence-corrected chi connectivity index (χ1v) is 11.5. The van der Waals surface area contributed by atoms with Crippen LogP contribution in [0.5, 0.6) is 0 Å². The van der Waals surface area contributed by atoms with Crippen LogP contribution in [0.2, 0.25) is 0 Å². The Morgan fingerprint density at radius 1 is 0.963 bits per heavy atom. The number of rotatable bonds is 15. The molecule has 0 amide bonds. The monoisotopic (exact) mass is 383 g/mol. The largest absolute Gasteiger partial charge is 0.462 e. The number of aliphatic hydroxyl groups excluding tert-OH is 1. The molecule has 1 fully saturated rings. The van der Waals surface area contributed by atoms with E-state index >= 15 is 0 Å². The molecule has 0 unspecified atom stereocenters. The van der Waals surface area contributed by atoms with Gasteiger partial charge in [0.05, 0.1) is 5.41 Å². The van der Waals surface area contributed by atoms with Gasteiger partial charge in [-0.05, 0) is 52.7 Å². The summed E-state index contributed by atoms with van der Waals surface area (Å²) in [5.41, 5.74) is -0.349. The molecule has 0 radical (unpaired) electrons. The summed E-state index contributed by atoms with van der Waals surface area (Å²) in [4.78, 5) is 14.9. The average molecular weight is 384 g/mol. The van der Waals surface area contributed by atoms with Crippen LogP contribution in [-0.2, 0) is 9.53 Å². The minimum Gasteiger partial charge on any atom is -0.462 e. The molecule has 1 rings (SSSR count). The van der Waals surface area contributed by atoms with Crippen LogP contribution in [0, 0.1) is 5.41 Å². The van der Waals surface area contributed by atoms with Crippen molar-refractivity contribution in [2.75, 3.05) is 26.7 Å². The molecule has 4 heteroatoms. The van der Waals surface area contributed by atoms with Gasteiger partial charge in [0.15, 0.2) is 0 Å². The Morgan fingerprint density at radius 3 is 2.00 bits per heavy atom. The fourth-order valence-electron chi connectivity index (χ4n) is 3.88. The van der Waals surface area contributed by atoms with E-state index in [1.54, 1.807) is 0 Å². The molecule has 1 aliphatic rings. The van der Waals surface area contributed by atoms with Crippen LogP contribution < -0.4 is 0 Å². The highest BCUT2D eigenvalue weighted by molar-refractivity contribution is 5.76. The first-order chi connectivity index (χ1) is 13.0. The van der Waals surface area contributed by atoms with Crippen molar-refractivity contribution in [3.8, 4) is 0 Å². The molecule has 4 nitrogen and oxygen atoms in total. The van der Waals surface area contributed by atoms with E-state index in [9.17, 15) is 9.90 Å². The molecule has 1 atom stereocenters. The molecule has 27 heavy (non-hydrogen) atoms. The topological polar surface area (TPSA) is 49.8 Å². The first kappa shape index (κ1) is 24.4. The van der Waals surface area contributed by atoms with E-state index in [0.29, 0.717) is 6.42 Å². The molecule has 1 saturated heterocycles. The van der Waals surface area contributed by atoms with Gasteiger partial charge in [-0.25, -0.2) is 0 Å². The minimum absolute atomic E-state index is 0.0545. The normalized spacial score (nSPS) is 18.4. The summed E-state index contributed by atoms with van der Waals surface area (Å²) >= 11 is 0. The summed E-state index contributed by atoms with van der Waals surface area (Å²) in [5.74, 6) is -0.0545. The number of carbonyl (C=O) groups is 1. The highest BCUT2D eigenvalue weighted by Crippen LogP contribution is 2.32. The van der Waals surface area contributed by atoms with Crippen LogP contribution in [0.25, 0.3) is 0 Å². The summed E-state index contributed by atoms with van der Waals surface area (Å²) in [7, 11) is 2.10. The first-order valence-electron chi connectivity index (χ1n) is 11.5. The van der Waals surface area contributed by atoms with Crippen LogP contribution in [0.1, 0.15) is 104 Å². The lowest BCUT2D eigenvalue weighted by molar-refractivity contribution is -0.164. The van der Waals surface area contributed by atoms with Crippen LogP contribution in [-0.4, -0.2) is 48.8 Å². The van der Waals surface area contributed by atoms with Gasteiger partial charge in [0, 0.05) is 13.0 Å². The van der Waals surface area contributed by atoms with Gasteiger partial charge in [0.1, 0.15) is 6.10 Å². The third kappa shape index (κ3) is 10.5. The third-order valence-electron chi connectivity index (χ3n) is 6.19. The predicted molar refractivity (Wildman–Crippen MR) is 113 cm³/mol. The Hall–Kier alpha value is -0.610. The summed E-state index contributed by atoms with van der Waals surface area (Å²) in [5, 5.41) is 9.32. The van der Waals surface area contributed by atoms with Gasteiger partial charge in [-0.1, -0.05) is 64.7 Å². The van der Waals surface area contributed by atoms with Crippen molar-refractivity contribution in [3.05, 3.63) is 0 Å². The number of ether oxygens (including phenoxy) is 1. The zero-order chi connectivity index (χ0) is 20.0. The molecule has 0 spiro atoms. The molecule has 0 aromatic heterocycles. The molecule has 0 aliphatic carbocycles. The Balaban J connectivity index is 2.17. The van der Waals surface area contributed by atoms with Gasteiger partial charge in [0.25, 0.3) is 0 Å². The van der Waals surface area contributed by atoms with Crippen LogP contribution >= 0.6 is 0 Å². The molecule has 1 aliphatic heterocycles. The van der Waals surface area contributed by atoms with Crippen LogP contribution in [0.4, 0.5) is 0 Å². The highest BCUT2D eigenvalue weighted by atomic mass is 16.5. The van der Waals surface area contributed by atoms with Gasteiger partial charge in [-0.15, -0.1) is 0 Å². The van der Waals surface area contributed by atoms with E-state index in [-0.39, 0.29) is 24.1 Å². The molecule has 160 valence electrons. The number of hydrogen-bond acceptors (Lipinski definition) is 4. The molecule has 1 N–H and O–H groups in total. The second-order valence-corrected chi connectivity index (χ2v) is 8.87. The molecular weight excluding hydrogens is 338 g/mol. The second kappa shape index (κ2) is 14.4. The number of carbonyl (C=O) groups excluding carboxylic acids is 1. The number of piperidine rings is 1. The van der Waals surface area contributed by atoms with Crippen LogP contribution in [0.15, 0.2) is 0 Å². The van der Waals surface area contributed by atoms with E-state index in [0.717, 1.165) is 38.8 Å². The maximum atomic E-state index is 12.7. The highest BCUT2D eigenvalue weighted by Gasteiger charge is 2.38. The lowest BCUT2D eigenvalue weighted by Gasteiger charge is -2.36. The second-order valence-electron chi connectivity index (χ2n) is 8.87. The Labute approximate surface area is 168 Å². The fraction of sp³-hybridized carbons (Fsp3) is 0.957. The Bertz CT molecular complexity index is 378. The number of aliphatic hydroxyl groups is 1. The average Bonchev–Trinajstić information content (AvgIpc) is 2.65. The third-order valence-corrected chi connectivity index (χ3v) is 6.19. The summed E-state index contributed by atoms with van der Waals surface area (Å²) < 4.78 is 5.83. The van der Waals surface area contributed by atoms with Gasteiger partial charge >= 0.3 is 5.97 Å². The van der Waals surface area contributed by atoms with Crippen molar-refractivity contribution in [3.63, 3.8) is 0 Å². The van der Waals surface area contributed by atoms with Crippen molar-refractivity contribution in [2.24, 2.45) is 5.41 Å².